The number of carbonyl (C=O) groups excluding carboxylic acids is 1. The van der Waals surface area contributed by atoms with E-state index >= 15 is 0 Å². The molecule has 0 spiro atoms. The van der Waals surface area contributed by atoms with Gasteiger partial charge in [0.1, 0.15) is 16.9 Å². The van der Waals surface area contributed by atoms with E-state index < -0.39 is 5.63 Å². The Morgan fingerprint density at radius 2 is 1.79 bits per heavy atom. The summed E-state index contributed by atoms with van der Waals surface area (Å²) >= 11 is 0. The molecule has 3 aromatic rings. The average molecular weight is 392 g/mol. The van der Waals surface area contributed by atoms with Crippen LogP contribution < -0.4 is 10.4 Å². The monoisotopic (exact) mass is 392 g/mol. The molecule has 6 nitrogen and oxygen atoms in total. The second-order valence-electron chi connectivity index (χ2n) is 7.22. The summed E-state index contributed by atoms with van der Waals surface area (Å²) in [4.78, 5) is 29.4. The van der Waals surface area contributed by atoms with Gasteiger partial charge >= 0.3 is 5.63 Å². The van der Waals surface area contributed by atoms with Gasteiger partial charge in [0.15, 0.2) is 0 Å². The van der Waals surface area contributed by atoms with Crippen LogP contribution >= 0.6 is 0 Å². The molecule has 1 aromatic heterocycles. The molecule has 29 heavy (non-hydrogen) atoms. The van der Waals surface area contributed by atoms with E-state index in [4.69, 9.17) is 9.15 Å². The fourth-order valence-corrected chi connectivity index (χ4v) is 3.64. The number of amides is 1. The molecule has 4 rings (SSSR count). The highest BCUT2D eigenvalue weighted by Gasteiger charge is 2.24. The van der Waals surface area contributed by atoms with Crippen LogP contribution in [0.2, 0.25) is 0 Å². The Morgan fingerprint density at radius 3 is 2.52 bits per heavy atom. The van der Waals surface area contributed by atoms with Crippen molar-refractivity contribution in [2.24, 2.45) is 0 Å². The van der Waals surface area contributed by atoms with Crippen molar-refractivity contribution in [2.75, 3.05) is 39.8 Å². The maximum absolute atomic E-state index is 12.9. The van der Waals surface area contributed by atoms with Crippen LogP contribution in [0.1, 0.15) is 15.9 Å². The van der Waals surface area contributed by atoms with E-state index in [2.05, 4.69) is 29.2 Å². The molecule has 0 unspecified atom stereocenters. The second kappa shape index (κ2) is 8.49. The van der Waals surface area contributed by atoms with Gasteiger partial charge in [-0.3, -0.25) is 9.69 Å². The third-order valence-electron chi connectivity index (χ3n) is 5.39. The minimum absolute atomic E-state index is 0.0837. The summed E-state index contributed by atoms with van der Waals surface area (Å²) in [5.74, 6) is 0.338. The van der Waals surface area contributed by atoms with Gasteiger partial charge in [-0.25, -0.2) is 4.79 Å². The first-order valence-corrected chi connectivity index (χ1v) is 9.81. The zero-order chi connectivity index (χ0) is 20.2. The fourth-order valence-electron chi connectivity index (χ4n) is 3.64. The highest BCUT2D eigenvalue weighted by molar-refractivity contribution is 5.96. The third-order valence-corrected chi connectivity index (χ3v) is 5.39. The van der Waals surface area contributed by atoms with Crippen LogP contribution in [0.5, 0.6) is 5.75 Å². The summed E-state index contributed by atoms with van der Waals surface area (Å²) in [7, 11) is 1.55. The Morgan fingerprint density at radius 1 is 1.03 bits per heavy atom. The largest absolute Gasteiger partial charge is 0.497 e. The Hall–Kier alpha value is -3.12. The Balaban J connectivity index is 1.40. The molecule has 150 valence electrons. The topological polar surface area (TPSA) is 63.0 Å². The SMILES string of the molecule is COc1ccc2cc(C(=O)N3CCN(CCc4ccccc4)CC3)c(=O)oc2c1. The van der Waals surface area contributed by atoms with Gasteiger partial charge < -0.3 is 14.1 Å². The molecular weight excluding hydrogens is 368 g/mol. The van der Waals surface area contributed by atoms with Gasteiger partial charge in [0, 0.05) is 44.2 Å². The zero-order valence-corrected chi connectivity index (χ0v) is 16.5. The molecule has 0 bridgehead atoms. The number of fused-ring (bicyclic) bond motifs is 1. The molecule has 2 aromatic carbocycles. The Kier molecular flexibility index (Phi) is 5.62. The van der Waals surface area contributed by atoms with Crippen LogP contribution in [0, 0.1) is 0 Å². The molecule has 0 radical (unpaired) electrons. The van der Waals surface area contributed by atoms with Crippen molar-refractivity contribution < 1.29 is 13.9 Å². The maximum atomic E-state index is 12.9. The molecule has 1 aliphatic heterocycles. The third kappa shape index (κ3) is 4.32. The van der Waals surface area contributed by atoms with Gasteiger partial charge in [-0.1, -0.05) is 30.3 Å². The Bertz CT molecular complexity index is 1050. The summed E-state index contributed by atoms with van der Waals surface area (Å²) in [5, 5.41) is 0.704. The van der Waals surface area contributed by atoms with Crippen LogP contribution in [0.15, 0.2) is 63.8 Å². The lowest BCUT2D eigenvalue weighted by atomic mass is 10.1. The number of rotatable bonds is 5. The number of ether oxygens (including phenoxy) is 1. The molecule has 0 saturated carbocycles. The molecule has 6 heteroatoms. The van der Waals surface area contributed by atoms with Crippen LogP contribution in [0.3, 0.4) is 0 Å². The van der Waals surface area contributed by atoms with Crippen molar-refractivity contribution in [3.8, 4) is 5.75 Å². The summed E-state index contributed by atoms with van der Waals surface area (Å²) in [6.45, 7) is 3.77. The van der Waals surface area contributed by atoms with Crippen molar-refractivity contribution in [1.29, 1.82) is 0 Å². The predicted octanol–water partition coefficient (Wildman–Crippen LogP) is 2.80. The molecule has 1 aliphatic rings. The first-order valence-electron chi connectivity index (χ1n) is 9.81. The molecule has 1 saturated heterocycles. The van der Waals surface area contributed by atoms with Crippen molar-refractivity contribution in [3.63, 3.8) is 0 Å². The molecule has 0 aliphatic carbocycles. The number of piperazine rings is 1. The standard InChI is InChI=1S/C23H24N2O4/c1-28-19-8-7-18-15-20(23(27)29-21(18)16-19)22(26)25-13-11-24(12-14-25)10-9-17-5-3-2-4-6-17/h2-8,15-16H,9-14H2,1H3. The number of carbonyl (C=O) groups is 1. The predicted molar refractivity (Wildman–Crippen MR) is 112 cm³/mol. The maximum Gasteiger partial charge on any atom is 0.349 e. The lowest BCUT2D eigenvalue weighted by Gasteiger charge is -2.34. The van der Waals surface area contributed by atoms with Crippen molar-refractivity contribution in [3.05, 3.63) is 76.1 Å². The summed E-state index contributed by atoms with van der Waals surface area (Å²) in [6, 6.07) is 17.2. The van der Waals surface area contributed by atoms with Crippen molar-refractivity contribution in [2.45, 2.75) is 6.42 Å². The number of nitrogens with zero attached hydrogens (tertiary/aromatic N) is 2. The van der Waals surface area contributed by atoms with Crippen molar-refractivity contribution >= 4 is 16.9 Å². The van der Waals surface area contributed by atoms with E-state index in [1.807, 2.05) is 6.07 Å². The molecule has 0 N–H and O–H groups in total. The van der Waals surface area contributed by atoms with Crippen molar-refractivity contribution in [1.82, 2.24) is 9.80 Å². The van der Waals surface area contributed by atoms with Crippen LogP contribution in [0.25, 0.3) is 11.0 Å². The van der Waals surface area contributed by atoms with E-state index in [0.29, 0.717) is 29.8 Å². The summed E-state index contributed by atoms with van der Waals surface area (Å²) in [5.41, 5.74) is 1.20. The summed E-state index contributed by atoms with van der Waals surface area (Å²) in [6.07, 6.45) is 0.993. The quantitative estimate of drug-likeness (QED) is 0.625. The van der Waals surface area contributed by atoms with Crippen LogP contribution in [-0.4, -0.2) is 55.5 Å². The first kappa shape index (κ1) is 19.2. The minimum atomic E-state index is -0.609. The summed E-state index contributed by atoms with van der Waals surface area (Å²) < 4.78 is 10.5. The minimum Gasteiger partial charge on any atom is -0.497 e. The van der Waals surface area contributed by atoms with E-state index in [0.717, 1.165) is 26.1 Å². The van der Waals surface area contributed by atoms with E-state index in [-0.39, 0.29) is 11.5 Å². The van der Waals surface area contributed by atoms with Crippen LogP contribution in [-0.2, 0) is 6.42 Å². The number of benzene rings is 2. The van der Waals surface area contributed by atoms with Gasteiger partial charge in [0.05, 0.1) is 7.11 Å². The van der Waals surface area contributed by atoms with E-state index in [1.54, 1.807) is 36.3 Å². The van der Waals surface area contributed by atoms with Gasteiger partial charge in [-0.2, -0.15) is 0 Å². The normalized spacial score (nSPS) is 14.9. The van der Waals surface area contributed by atoms with Crippen LogP contribution in [0.4, 0.5) is 0 Å². The molecule has 1 amide bonds. The smallest absolute Gasteiger partial charge is 0.349 e. The Labute approximate surface area is 169 Å². The highest BCUT2D eigenvalue weighted by Crippen LogP contribution is 2.21. The molecule has 0 atom stereocenters. The number of hydrogen-bond donors (Lipinski definition) is 0. The average Bonchev–Trinajstić information content (AvgIpc) is 2.77. The van der Waals surface area contributed by atoms with E-state index in [1.165, 1.54) is 5.56 Å². The zero-order valence-electron chi connectivity index (χ0n) is 16.5. The van der Waals surface area contributed by atoms with Gasteiger partial charge in [-0.15, -0.1) is 0 Å². The molecular formula is C23H24N2O4. The molecule has 1 fully saturated rings. The second-order valence-corrected chi connectivity index (χ2v) is 7.22. The first-order chi connectivity index (χ1) is 14.1. The number of hydrogen-bond acceptors (Lipinski definition) is 5. The van der Waals surface area contributed by atoms with Gasteiger partial charge in [-0.05, 0) is 30.2 Å². The molecule has 2 heterocycles. The lowest BCUT2D eigenvalue weighted by molar-refractivity contribution is 0.0634. The van der Waals surface area contributed by atoms with E-state index in [9.17, 15) is 9.59 Å². The fraction of sp³-hybridized carbons (Fsp3) is 0.304. The lowest BCUT2D eigenvalue weighted by Crippen LogP contribution is -2.49. The highest BCUT2D eigenvalue weighted by atomic mass is 16.5. The van der Waals surface area contributed by atoms with Gasteiger partial charge in [0.25, 0.3) is 5.91 Å². The van der Waals surface area contributed by atoms with Gasteiger partial charge in [0.2, 0.25) is 0 Å². The number of methoxy groups -OCH3 is 1.